The standard InChI is InChI=1S/C17H25N5O/c1-3-20-8-10-21(11-9-20)14(2)12-18-17(23)15-13-22-7-5-4-6-16(22)19-15/h4-7,13-14H,3,8-12H2,1-2H3,(H,18,23)/t14-/m1/s1. The third-order valence-corrected chi connectivity index (χ3v) is 4.63. The molecule has 6 heteroatoms. The van der Waals surface area contributed by atoms with Gasteiger partial charge in [-0.25, -0.2) is 4.98 Å². The molecule has 1 atom stereocenters. The lowest BCUT2D eigenvalue weighted by atomic mass is 10.2. The Balaban J connectivity index is 1.52. The van der Waals surface area contributed by atoms with E-state index in [4.69, 9.17) is 0 Å². The zero-order chi connectivity index (χ0) is 16.2. The number of rotatable bonds is 5. The van der Waals surface area contributed by atoms with E-state index < -0.39 is 0 Å². The van der Waals surface area contributed by atoms with Crippen LogP contribution in [0.1, 0.15) is 24.3 Å². The van der Waals surface area contributed by atoms with Gasteiger partial charge in [0, 0.05) is 51.2 Å². The molecule has 2 aromatic rings. The molecule has 3 heterocycles. The molecule has 23 heavy (non-hydrogen) atoms. The molecule has 0 bridgehead atoms. The highest BCUT2D eigenvalue weighted by Crippen LogP contribution is 2.07. The van der Waals surface area contributed by atoms with Crippen molar-refractivity contribution in [3.05, 3.63) is 36.3 Å². The molecule has 6 nitrogen and oxygen atoms in total. The van der Waals surface area contributed by atoms with Gasteiger partial charge in [-0.3, -0.25) is 9.69 Å². The van der Waals surface area contributed by atoms with E-state index in [9.17, 15) is 4.79 Å². The first-order valence-electron chi connectivity index (χ1n) is 8.35. The molecule has 0 spiro atoms. The van der Waals surface area contributed by atoms with Crippen LogP contribution in [0, 0.1) is 0 Å². The van der Waals surface area contributed by atoms with Crippen LogP contribution in [-0.4, -0.2) is 70.4 Å². The molecule has 3 rings (SSSR count). The molecule has 0 radical (unpaired) electrons. The lowest BCUT2D eigenvalue weighted by Gasteiger charge is -2.37. The molecule has 1 aliphatic heterocycles. The van der Waals surface area contributed by atoms with E-state index in [-0.39, 0.29) is 5.91 Å². The highest BCUT2D eigenvalue weighted by molar-refractivity contribution is 5.92. The summed E-state index contributed by atoms with van der Waals surface area (Å²) in [6.07, 6.45) is 3.67. The molecule has 1 saturated heterocycles. The number of hydrogen-bond acceptors (Lipinski definition) is 4. The minimum absolute atomic E-state index is 0.104. The third-order valence-electron chi connectivity index (χ3n) is 4.63. The zero-order valence-electron chi connectivity index (χ0n) is 13.9. The quantitative estimate of drug-likeness (QED) is 0.897. The number of likely N-dealkylation sites (N-methyl/N-ethyl adjacent to an activating group) is 1. The van der Waals surface area contributed by atoms with E-state index in [1.165, 1.54) is 0 Å². The Morgan fingerprint density at radius 1 is 1.30 bits per heavy atom. The predicted molar refractivity (Wildman–Crippen MR) is 90.7 cm³/mol. The maximum absolute atomic E-state index is 12.3. The number of pyridine rings is 1. The van der Waals surface area contributed by atoms with Crippen molar-refractivity contribution in [3.8, 4) is 0 Å². The number of carbonyl (C=O) groups excluding carboxylic acids is 1. The molecule has 1 fully saturated rings. The number of nitrogens with one attached hydrogen (secondary N) is 1. The molecule has 1 aliphatic rings. The number of imidazole rings is 1. The third kappa shape index (κ3) is 3.71. The number of carbonyl (C=O) groups is 1. The average Bonchev–Trinajstić information content (AvgIpc) is 3.03. The van der Waals surface area contributed by atoms with Crippen molar-refractivity contribution in [1.82, 2.24) is 24.5 Å². The van der Waals surface area contributed by atoms with Gasteiger partial charge in [0.1, 0.15) is 11.3 Å². The SMILES string of the molecule is CCN1CCN([C@H](C)CNC(=O)c2cn3ccccc3n2)CC1. The summed E-state index contributed by atoms with van der Waals surface area (Å²) in [5.41, 5.74) is 1.26. The van der Waals surface area contributed by atoms with E-state index in [0.29, 0.717) is 18.3 Å². The van der Waals surface area contributed by atoms with Gasteiger partial charge < -0.3 is 14.6 Å². The summed E-state index contributed by atoms with van der Waals surface area (Å²) in [6.45, 7) is 10.5. The molecule has 0 aliphatic carbocycles. The van der Waals surface area contributed by atoms with E-state index >= 15 is 0 Å². The molecule has 0 aromatic carbocycles. The smallest absolute Gasteiger partial charge is 0.271 e. The summed E-state index contributed by atoms with van der Waals surface area (Å²) in [5, 5.41) is 3.01. The number of piperazine rings is 1. The maximum Gasteiger partial charge on any atom is 0.271 e. The van der Waals surface area contributed by atoms with Crippen LogP contribution < -0.4 is 5.32 Å². The second-order valence-electron chi connectivity index (χ2n) is 6.12. The first-order valence-corrected chi connectivity index (χ1v) is 8.35. The van der Waals surface area contributed by atoms with Crippen LogP contribution in [0.5, 0.6) is 0 Å². The normalized spacial score (nSPS) is 18.2. The van der Waals surface area contributed by atoms with E-state index in [1.807, 2.05) is 28.8 Å². The first-order chi connectivity index (χ1) is 11.2. The molecule has 0 saturated carbocycles. The fourth-order valence-electron chi connectivity index (χ4n) is 3.02. The Morgan fingerprint density at radius 2 is 2.09 bits per heavy atom. The Kier molecular flexibility index (Phi) is 4.93. The summed E-state index contributed by atoms with van der Waals surface area (Å²) in [7, 11) is 0. The van der Waals surface area contributed by atoms with Gasteiger partial charge in [0.15, 0.2) is 0 Å². The summed E-state index contributed by atoms with van der Waals surface area (Å²) >= 11 is 0. The van der Waals surface area contributed by atoms with Crippen LogP contribution in [0.2, 0.25) is 0 Å². The summed E-state index contributed by atoms with van der Waals surface area (Å²) in [4.78, 5) is 21.5. The molecular weight excluding hydrogens is 290 g/mol. The van der Waals surface area contributed by atoms with Crippen molar-refractivity contribution in [2.24, 2.45) is 0 Å². The van der Waals surface area contributed by atoms with Crippen molar-refractivity contribution >= 4 is 11.6 Å². The van der Waals surface area contributed by atoms with Crippen LogP contribution in [0.25, 0.3) is 5.65 Å². The molecule has 0 unspecified atom stereocenters. The monoisotopic (exact) mass is 315 g/mol. The van der Waals surface area contributed by atoms with Crippen molar-refractivity contribution in [2.45, 2.75) is 19.9 Å². The van der Waals surface area contributed by atoms with Gasteiger partial charge in [-0.15, -0.1) is 0 Å². The van der Waals surface area contributed by atoms with Gasteiger partial charge in [-0.1, -0.05) is 13.0 Å². The van der Waals surface area contributed by atoms with Crippen molar-refractivity contribution in [3.63, 3.8) is 0 Å². The lowest BCUT2D eigenvalue weighted by molar-refractivity contribution is 0.0879. The predicted octanol–water partition coefficient (Wildman–Crippen LogP) is 1.09. The van der Waals surface area contributed by atoms with Gasteiger partial charge in [-0.2, -0.15) is 0 Å². The van der Waals surface area contributed by atoms with Gasteiger partial charge in [0.05, 0.1) is 0 Å². The van der Waals surface area contributed by atoms with Crippen molar-refractivity contribution < 1.29 is 4.79 Å². The highest BCUT2D eigenvalue weighted by atomic mass is 16.1. The molecule has 2 aromatic heterocycles. The van der Waals surface area contributed by atoms with E-state index in [0.717, 1.165) is 38.4 Å². The fraction of sp³-hybridized carbons (Fsp3) is 0.529. The Morgan fingerprint density at radius 3 is 2.78 bits per heavy atom. The van der Waals surface area contributed by atoms with Crippen LogP contribution in [0.3, 0.4) is 0 Å². The molecular formula is C17H25N5O. The summed E-state index contributed by atoms with van der Waals surface area (Å²) in [6, 6.07) is 6.08. The van der Waals surface area contributed by atoms with E-state index in [2.05, 4.69) is 33.9 Å². The minimum Gasteiger partial charge on any atom is -0.349 e. The minimum atomic E-state index is -0.104. The molecule has 1 N–H and O–H groups in total. The Hall–Kier alpha value is -1.92. The average molecular weight is 315 g/mol. The Bertz CT molecular complexity index is 627. The Labute approximate surface area is 137 Å². The molecule has 124 valence electrons. The molecule has 1 amide bonds. The van der Waals surface area contributed by atoms with Crippen LogP contribution in [-0.2, 0) is 0 Å². The number of amides is 1. The first kappa shape index (κ1) is 16.0. The summed E-state index contributed by atoms with van der Waals surface area (Å²) in [5.74, 6) is -0.104. The van der Waals surface area contributed by atoms with Crippen molar-refractivity contribution in [2.75, 3.05) is 39.3 Å². The number of fused-ring (bicyclic) bond motifs is 1. The van der Waals surface area contributed by atoms with Crippen LogP contribution >= 0.6 is 0 Å². The van der Waals surface area contributed by atoms with E-state index in [1.54, 1.807) is 6.20 Å². The lowest BCUT2D eigenvalue weighted by Crippen LogP contribution is -2.52. The van der Waals surface area contributed by atoms with Crippen molar-refractivity contribution in [1.29, 1.82) is 0 Å². The number of nitrogens with zero attached hydrogens (tertiary/aromatic N) is 4. The summed E-state index contributed by atoms with van der Waals surface area (Å²) < 4.78 is 1.86. The van der Waals surface area contributed by atoms with Gasteiger partial charge in [0.2, 0.25) is 0 Å². The van der Waals surface area contributed by atoms with Gasteiger partial charge in [-0.05, 0) is 25.6 Å². The topological polar surface area (TPSA) is 52.9 Å². The highest BCUT2D eigenvalue weighted by Gasteiger charge is 2.21. The fourth-order valence-corrected chi connectivity index (χ4v) is 3.02. The van der Waals surface area contributed by atoms with Gasteiger partial charge >= 0.3 is 0 Å². The van der Waals surface area contributed by atoms with Crippen LogP contribution in [0.15, 0.2) is 30.6 Å². The zero-order valence-corrected chi connectivity index (χ0v) is 13.9. The maximum atomic E-state index is 12.3. The largest absolute Gasteiger partial charge is 0.349 e. The second-order valence-corrected chi connectivity index (χ2v) is 6.12. The van der Waals surface area contributed by atoms with Gasteiger partial charge in [0.25, 0.3) is 5.91 Å². The van der Waals surface area contributed by atoms with Crippen LogP contribution in [0.4, 0.5) is 0 Å². The number of hydrogen-bond donors (Lipinski definition) is 1. The second kappa shape index (κ2) is 7.10. The number of aromatic nitrogens is 2.